The van der Waals surface area contributed by atoms with Gasteiger partial charge in [-0.15, -0.1) is 24.8 Å². The van der Waals surface area contributed by atoms with Crippen molar-refractivity contribution < 1.29 is 8.78 Å². The van der Waals surface area contributed by atoms with E-state index >= 15 is 0 Å². The predicted octanol–water partition coefficient (Wildman–Crippen LogP) is 2.79. The molecule has 8 heteroatoms. The van der Waals surface area contributed by atoms with E-state index in [1.54, 1.807) is 17.0 Å². The molecule has 0 radical (unpaired) electrons. The topological polar surface area (TPSA) is 28.2 Å². The van der Waals surface area contributed by atoms with Crippen LogP contribution in [0.25, 0.3) is 0 Å². The summed E-state index contributed by atoms with van der Waals surface area (Å²) in [7, 11) is 0. The number of hydrogen-bond acceptors (Lipinski definition) is 3. The molecule has 0 spiro atoms. The van der Waals surface area contributed by atoms with Crippen molar-refractivity contribution in [2.24, 2.45) is 0 Å². The Kier molecular flexibility index (Phi) is 8.78. The molecule has 2 heterocycles. The van der Waals surface area contributed by atoms with Crippen LogP contribution < -0.4 is 5.32 Å². The van der Waals surface area contributed by atoms with Crippen LogP contribution in [0.3, 0.4) is 0 Å². The summed E-state index contributed by atoms with van der Waals surface area (Å²) >= 11 is 5.66. The van der Waals surface area contributed by atoms with E-state index < -0.39 is 12.5 Å². The van der Waals surface area contributed by atoms with Crippen LogP contribution in [0, 0.1) is 0 Å². The Morgan fingerprint density at radius 3 is 2.32 bits per heavy atom. The summed E-state index contributed by atoms with van der Waals surface area (Å²) < 4.78 is 26.3. The van der Waals surface area contributed by atoms with Gasteiger partial charge in [-0.1, -0.05) is 17.7 Å². The van der Waals surface area contributed by atoms with Gasteiger partial charge in [0.15, 0.2) is 0 Å². The maximum Gasteiger partial charge on any atom is 0.258 e. The number of nitrogens with one attached hydrogen (secondary N) is 1. The first kappa shape index (κ1) is 18.8. The summed E-state index contributed by atoms with van der Waals surface area (Å²) in [5.74, 6) is 0. The fourth-order valence-electron chi connectivity index (χ4n) is 2.04. The maximum atomic E-state index is 13.1. The predicted molar refractivity (Wildman–Crippen MR) is 76.9 cm³/mol. The molecular formula is C11H16Cl3F2N3. The Morgan fingerprint density at radius 1 is 1.21 bits per heavy atom. The molecule has 0 aromatic carbocycles. The van der Waals surface area contributed by atoms with E-state index in [4.69, 9.17) is 11.6 Å². The Bertz CT molecular complexity index is 359. The minimum Gasteiger partial charge on any atom is -0.314 e. The van der Waals surface area contributed by atoms with Gasteiger partial charge >= 0.3 is 0 Å². The summed E-state index contributed by atoms with van der Waals surface area (Å²) in [6.07, 6.45) is -0.989. The first-order chi connectivity index (χ1) is 8.18. The highest BCUT2D eigenvalue weighted by Crippen LogP contribution is 2.27. The molecule has 1 saturated heterocycles. The zero-order valence-electron chi connectivity index (χ0n) is 10.1. The van der Waals surface area contributed by atoms with Crippen LogP contribution in [-0.2, 0) is 0 Å². The normalized spacial score (nSPS) is 17.5. The van der Waals surface area contributed by atoms with E-state index in [9.17, 15) is 8.78 Å². The number of nitrogens with zero attached hydrogens (tertiary/aromatic N) is 2. The lowest BCUT2D eigenvalue weighted by molar-refractivity contribution is 0.0180. The summed E-state index contributed by atoms with van der Waals surface area (Å²) in [6, 6.07) is 2.28. The number of piperazine rings is 1. The Hall–Kier alpha value is -0.200. The van der Waals surface area contributed by atoms with Crippen molar-refractivity contribution >= 4 is 36.4 Å². The second-order valence-electron chi connectivity index (χ2n) is 3.98. The lowest BCUT2D eigenvalue weighted by Crippen LogP contribution is -2.46. The van der Waals surface area contributed by atoms with Gasteiger partial charge in [0.25, 0.3) is 6.43 Å². The van der Waals surface area contributed by atoms with E-state index in [0.717, 1.165) is 13.1 Å². The average molecular weight is 335 g/mol. The highest BCUT2D eigenvalue weighted by molar-refractivity contribution is 6.29. The Balaban J connectivity index is 0.00000162. The molecule has 1 atom stereocenters. The van der Waals surface area contributed by atoms with E-state index in [2.05, 4.69) is 10.3 Å². The van der Waals surface area contributed by atoms with Crippen LogP contribution in [0.2, 0.25) is 5.15 Å². The number of alkyl halides is 2. The van der Waals surface area contributed by atoms with E-state index in [0.29, 0.717) is 23.8 Å². The van der Waals surface area contributed by atoms with Crippen LogP contribution in [0.4, 0.5) is 8.78 Å². The van der Waals surface area contributed by atoms with Gasteiger partial charge in [0, 0.05) is 32.4 Å². The first-order valence-corrected chi connectivity index (χ1v) is 5.90. The third-order valence-electron chi connectivity index (χ3n) is 2.88. The van der Waals surface area contributed by atoms with Gasteiger partial charge in [0.1, 0.15) is 5.15 Å². The van der Waals surface area contributed by atoms with E-state index in [1.807, 2.05) is 0 Å². The largest absolute Gasteiger partial charge is 0.314 e. The van der Waals surface area contributed by atoms with Crippen molar-refractivity contribution in [3.8, 4) is 0 Å². The zero-order chi connectivity index (χ0) is 12.3. The van der Waals surface area contributed by atoms with Gasteiger partial charge in [-0.25, -0.2) is 13.8 Å². The highest BCUT2D eigenvalue weighted by Gasteiger charge is 2.30. The van der Waals surface area contributed by atoms with E-state index in [-0.39, 0.29) is 24.8 Å². The molecule has 1 N–H and O–H groups in total. The van der Waals surface area contributed by atoms with Crippen LogP contribution in [0.15, 0.2) is 18.3 Å². The van der Waals surface area contributed by atoms with Gasteiger partial charge in [0.2, 0.25) is 0 Å². The minimum atomic E-state index is -2.42. The molecule has 1 fully saturated rings. The number of aromatic nitrogens is 1. The number of rotatable bonds is 3. The quantitative estimate of drug-likeness (QED) is 0.862. The van der Waals surface area contributed by atoms with Crippen molar-refractivity contribution in [1.29, 1.82) is 0 Å². The Morgan fingerprint density at radius 2 is 1.84 bits per heavy atom. The van der Waals surface area contributed by atoms with Gasteiger partial charge in [-0.05, 0) is 11.6 Å². The number of hydrogen-bond donors (Lipinski definition) is 1. The van der Waals surface area contributed by atoms with Gasteiger partial charge in [-0.2, -0.15) is 0 Å². The molecule has 2 rings (SSSR count). The summed E-state index contributed by atoms with van der Waals surface area (Å²) in [5.41, 5.74) is 0.520. The molecule has 0 aliphatic carbocycles. The molecule has 1 aromatic rings. The molecule has 0 unspecified atom stereocenters. The third-order valence-corrected chi connectivity index (χ3v) is 3.10. The molecule has 0 amide bonds. The SMILES string of the molecule is Cl.Cl.FC(F)[C@H](c1ccc(Cl)nc1)N1CCNCC1. The second kappa shape index (κ2) is 8.87. The third kappa shape index (κ3) is 5.00. The average Bonchev–Trinajstić information content (AvgIpc) is 2.33. The van der Waals surface area contributed by atoms with Crippen molar-refractivity contribution in [3.63, 3.8) is 0 Å². The van der Waals surface area contributed by atoms with Crippen LogP contribution in [0.5, 0.6) is 0 Å². The molecule has 0 bridgehead atoms. The minimum absolute atomic E-state index is 0. The van der Waals surface area contributed by atoms with Crippen molar-refractivity contribution in [3.05, 3.63) is 29.0 Å². The standard InChI is InChI=1S/C11H14ClF2N3.2ClH/c12-9-2-1-8(7-16-9)10(11(13)14)17-5-3-15-4-6-17;;/h1-2,7,10-11,15H,3-6H2;2*1H/t10-;;/m0../s1. The monoisotopic (exact) mass is 333 g/mol. The fraction of sp³-hybridized carbons (Fsp3) is 0.545. The molecule has 1 aliphatic rings. The molecule has 110 valence electrons. The molecule has 1 aliphatic heterocycles. The number of halogens is 5. The smallest absolute Gasteiger partial charge is 0.258 e. The van der Waals surface area contributed by atoms with Crippen LogP contribution >= 0.6 is 36.4 Å². The second-order valence-corrected chi connectivity index (χ2v) is 4.37. The first-order valence-electron chi connectivity index (χ1n) is 5.53. The molecular weight excluding hydrogens is 318 g/mol. The highest BCUT2D eigenvalue weighted by atomic mass is 35.5. The van der Waals surface area contributed by atoms with Crippen molar-refractivity contribution in [2.45, 2.75) is 12.5 Å². The molecule has 3 nitrogen and oxygen atoms in total. The summed E-state index contributed by atoms with van der Waals surface area (Å²) in [6.45, 7) is 2.73. The van der Waals surface area contributed by atoms with Crippen molar-refractivity contribution in [1.82, 2.24) is 15.2 Å². The summed E-state index contributed by atoms with van der Waals surface area (Å²) in [5, 5.41) is 3.47. The molecule has 0 saturated carbocycles. The lowest BCUT2D eigenvalue weighted by atomic mass is 10.1. The maximum absolute atomic E-state index is 13.1. The lowest BCUT2D eigenvalue weighted by Gasteiger charge is -2.34. The van der Waals surface area contributed by atoms with Gasteiger partial charge in [-0.3, -0.25) is 4.90 Å². The van der Waals surface area contributed by atoms with Crippen molar-refractivity contribution in [2.75, 3.05) is 26.2 Å². The van der Waals surface area contributed by atoms with E-state index in [1.165, 1.54) is 6.20 Å². The zero-order valence-corrected chi connectivity index (χ0v) is 12.4. The van der Waals surface area contributed by atoms with Crippen LogP contribution in [0.1, 0.15) is 11.6 Å². The Labute approximate surface area is 128 Å². The van der Waals surface area contributed by atoms with Crippen LogP contribution in [-0.4, -0.2) is 42.5 Å². The summed E-state index contributed by atoms with van der Waals surface area (Å²) in [4.78, 5) is 5.65. The van der Waals surface area contributed by atoms with Gasteiger partial charge in [0.05, 0.1) is 6.04 Å². The molecule has 19 heavy (non-hydrogen) atoms. The number of pyridine rings is 1. The van der Waals surface area contributed by atoms with Gasteiger partial charge < -0.3 is 5.32 Å². The fourth-order valence-corrected chi connectivity index (χ4v) is 2.15. The molecule has 1 aromatic heterocycles.